The van der Waals surface area contributed by atoms with E-state index < -0.39 is 0 Å². The molecule has 1 aliphatic carbocycles. The Morgan fingerprint density at radius 3 is 2.61 bits per heavy atom. The molecule has 2 aliphatic rings. The molecule has 1 N–H and O–H groups in total. The molecule has 3 rings (SSSR count). The first-order valence-corrected chi connectivity index (χ1v) is 6.78. The van der Waals surface area contributed by atoms with Crippen LogP contribution in [0.5, 0.6) is 11.5 Å². The Balaban J connectivity index is 2.03. The van der Waals surface area contributed by atoms with Crippen molar-refractivity contribution in [3.05, 3.63) is 23.8 Å². The molecule has 0 spiro atoms. The number of methoxy groups -OCH3 is 2. The first kappa shape index (κ1) is 11.8. The van der Waals surface area contributed by atoms with Crippen LogP contribution in [-0.4, -0.2) is 20.8 Å². The van der Waals surface area contributed by atoms with Gasteiger partial charge in [0.1, 0.15) is 11.5 Å². The van der Waals surface area contributed by atoms with Gasteiger partial charge in [-0.3, -0.25) is 0 Å². The molecule has 3 nitrogen and oxygen atoms in total. The van der Waals surface area contributed by atoms with Crippen LogP contribution in [0.3, 0.4) is 0 Å². The Morgan fingerprint density at radius 1 is 1.22 bits per heavy atom. The minimum Gasteiger partial charge on any atom is -0.497 e. The van der Waals surface area contributed by atoms with Crippen molar-refractivity contribution < 1.29 is 9.47 Å². The summed E-state index contributed by atoms with van der Waals surface area (Å²) in [7, 11) is 3.44. The maximum absolute atomic E-state index is 5.58. The lowest BCUT2D eigenvalue weighted by molar-refractivity contribution is 0.311. The molecule has 2 fully saturated rings. The summed E-state index contributed by atoms with van der Waals surface area (Å²) in [4.78, 5) is 0. The topological polar surface area (TPSA) is 30.5 Å². The summed E-state index contributed by atoms with van der Waals surface area (Å²) in [5, 5.41) is 3.74. The molecule has 0 radical (unpaired) electrons. The average Bonchev–Trinajstić information content (AvgIpc) is 3.17. The summed E-state index contributed by atoms with van der Waals surface area (Å²) in [5.41, 5.74) is 1.46. The second-order valence-corrected chi connectivity index (χ2v) is 5.34. The van der Waals surface area contributed by atoms with Crippen LogP contribution in [0.4, 0.5) is 0 Å². The van der Waals surface area contributed by atoms with Crippen LogP contribution >= 0.6 is 0 Å². The number of ether oxygens (including phenoxy) is 2. The highest BCUT2D eigenvalue weighted by atomic mass is 16.5. The molecule has 1 aromatic carbocycles. The van der Waals surface area contributed by atoms with Gasteiger partial charge in [0, 0.05) is 11.6 Å². The highest BCUT2D eigenvalue weighted by molar-refractivity contribution is 5.46. The smallest absolute Gasteiger partial charge is 0.127 e. The molecule has 1 atom stereocenters. The molecule has 1 saturated heterocycles. The lowest BCUT2D eigenvalue weighted by Crippen LogP contribution is -2.39. The molecule has 1 aromatic rings. The first-order chi connectivity index (χ1) is 8.80. The van der Waals surface area contributed by atoms with Crippen molar-refractivity contribution in [3.63, 3.8) is 0 Å². The molecule has 0 amide bonds. The highest BCUT2D eigenvalue weighted by Gasteiger charge is 2.49. The van der Waals surface area contributed by atoms with E-state index in [0.717, 1.165) is 24.0 Å². The summed E-state index contributed by atoms with van der Waals surface area (Å²) >= 11 is 0. The van der Waals surface area contributed by atoms with Gasteiger partial charge in [0.05, 0.1) is 19.8 Å². The van der Waals surface area contributed by atoms with Crippen LogP contribution in [0.2, 0.25) is 0 Å². The van der Waals surface area contributed by atoms with E-state index in [1.807, 2.05) is 12.1 Å². The van der Waals surface area contributed by atoms with Gasteiger partial charge in [-0.15, -0.1) is 0 Å². The third-order valence-corrected chi connectivity index (χ3v) is 4.35. The van der Waals surface area contributed by atoms with Gasteiger partial charge in [0.2, 0.25) is 0 Å². The molecule has 0 bridgehead atoms. The third-order valence-electron chi connectivity index (χ3n) is 4.35. The van der Waals surface area contributed by atoms with Gasteiger partial charge < -0.3 is 14.8 Å². The zero-order chi connectivity index (χ0) is 12.6. The van der Waals surface area contributed by atoms with E-state index in [1.165, 1.54) is 31.2 Å². The van der Waals surface area contributed by atoms with E-state index in [4.69, 9.17) is 9.47 Å². The maximum atomic E-state index is 5.58. The van der Waals surface area contributed by atoms with E-state index in [2.05, 4.69) is 11.4 Å². The van der Waals surface area contributed by atoms with E-state index in [1.54, 1.807) is 14.2 Å². The Hall–Kier alpha value is -1.22. The van der Waals surface area contributed by atoms with Gasteiger partial charge in [-0.05, 0) is 50.3 Å². The SMILES string of the molecule is COc1ccc(C2(C3CC3)CCCN2)c(OC)c1. The molecule has 1 saturated carbocycles. The Morgan fingerprint density at radius 2 is 2.06 bits per heavy atom. The zero-order valence-corrected chi connectivity index (χ0v) is 11.2. The quantitative estimate of drug-likeness (QED) is 0.887. The van der Waals surface area contributed by atoms with Crippen LogP contribution < -0.4 is 14.8 Å². The Labute approximate surface area is 108 Å². The van der Waals surface area contributed by atoms with Gasteiger partial charge in [-0.2, -0.15) is 0 Å². The van der Waals surface area contributed by atoms with Crippen molar-refractivity contribution in [2.45, 2.75) is 31.2 Å². The van der Waals surface area contributed by atoms with Gasteiger partial charge in [0.25, 0.3) is 0 Å². The second-order valence-electron chi connectivity index (χ2n) is 5.34. The lowest BCUT2D eigenvalue weighted by Gasteiger charge is -2.32. The maximum Gasteiger partial charge on any atom is 0.127 e. The Bertz CT molecular complexity index is 434. The largest absolute Gasteiger partial charge is 0.497 e. The van der Waals surface area contributed by atoms with Crippen molar-refractivity contribution in [2.75, 3.05) is 20.8 Å². The molecule has 1 unspecified atom stereocenters. The summed E-state index contributed by atoms with van der Waals surface area (Å²) in [6.45, 7) is 1.12. The van der Waals surface area contributed by atoms with Crippen molar-refractivity contribution in [1.82, 2.24) is 5.32 Å². The summed E-state index contributed by atoms with van der Waals surface area (Å²) < 4.78 is 10.9. The van der Waals surface area contributed by atoms with E-state index in [9.17, 15) is 0 Å². The van der Waals surface area contributed by atoms with E-state index >= 15 is 0 Å². The highest BCUT2D eigenvalue weighted by Crippen LogP contribution is 2.52. The standard InChI is InChI=1S/C15H21NO2/c1-17-12-6-7-13(14(10-12)18-2)15(11-4-5-11)8-3-9-16-15/h6-7,10-11,16H,3-5,8-9H2,1-2H3. The number of hydrogen-bond donors (Lipinski definition) is 1. The average molecular weight is 247 g/mol. The summed E-state index contributed by atoms with van der Waals surface area (Å²) in [6, 6.07) is 6.22. The summed E-state index contributed by atoms with van der Waals surface area (Å²) in [5.74, 6) is 2.59. The Kier molecular flexibility index (Phi) is 2.94. The molecule has 0 aromatic heterocycles. The molecule has 1 aliphatic heterocycles. The lowest BCUT2D eigenvalue weighted by atomic mass is 9.83. The molecule has 18 heavy (non-hydrogen) atoms. The summed E-state index contributed by atoms with van der Waals surface area (Å²) in [6.07, 6.45) is 5.15. The van der Waals surface area contributed by atoms with Crippen LogP contribution in [-0.2, 0) is 5.54 Å². The molecule has 98 valence electrons. The van der Waals surface area contributed by atoms with Crippen molar-refractivity contribution in [1.29, 1.82) is 0 Å². The van der Waals surface area contributed by atoms with Gasteiger partial charge in [-0.1, -0.05) is 0 Å². The number of nitrogens with one attached hydrogen (secondary N) is 1. The minimum atomic E-state index is 0.150. The third kappa shape index (κ3) is 1.77. The van der Waals surface area contributed by atoms with Gasteiger partial charge >= 0.3 is 0 Å². The normalized spacial score (nSPS) is 27.2. The van der Waals surface area contributed by atoms with Crippen molar-refractivity contribution >= 4 is 0 Å². The monoisotopic (exact) mass is 247 g/mol. The van der Waals surface area contributed by atoms with Gasteiger partial charge in [0.15, 0.2) is 0 Å². The van der Waals surface area contributed by atoms with Crippen LogP contribution in [0.1, 0.15) is 31.2 Å². The molecule has 1 heterocycles. The molecular formula is C15H21NO2. The van der Waals surface area contributed by atoms with Crippen LogP contribution in [0, 0.1) is 5.92 Å². The van der Waals surface area contributed by atoms with Crippen LogP contribution in [0.15, 0.2) is 18.2 Å². The fraction of sp³-hybridized carbons (Fsp3) is 0.600. The predicted molar refractivity (Wildman–Crippen MR) is 71.2 cm³/mol. The van der Waals surface area contributed by atoms with Crippen molar-refractivity contribution in [3.8, 4) is 11.5 Å². The zero-order valence-electron chi connectivity index (χ0n) is 11.2. The number of hydrogen-bond acceptors (Lipinski definition) is 3. The first-order valence-electron chi connectivity index (χ1n) is 6.78. The molecular weight excluding hydrogens is 226 g/mol. The predicted octanol–water partition coefficient (Wildman–Crippen LogP) is 2.69. The van der Waals surface area contributed by atoms with Crippen LogP contribution in [0.25, 0.3) is 0 Å². The fourth-order valence-electron chi connectivity index (χ4n) is 3.31. The van der Waals surface area contributed by atoms with Gasteiger partial charge in [-0.25, -0.2) is 0 Å². The number of benzene rings is 1. The number of rotatable bonds is 4. The second kappa shape index (κ2) is 4.47. The van der Waals surface area contributed by atoms with E-state index in [0.29, 0.717) is 0 Å². The molecule has 3 heteroatoms. The van der Waals surface area contributed by atoms with Crippen molar-refractivity contribution in [2.24, 2.45) is 5.92 Å². The fourth-order valence-corrected chi connectivity index (χ4v) is 3.31. The minimum absolute atomic E-state index is 0.150. The van der Waals surface area contributed by atoms with E-state index in [-0.39, 0.29) is 5.54 Å².